The minimum atomic E-state index is -2.70. The van der Waals surface area contributed by atoms with Gasteiger partial charge >= 0.3 is 11.9 Å². The lowest BCUT2D eigenvalue weighted by Gasteiger charge is -2.25. The van der Waals surface area contributed by atoms with Gasteiger partial charge in [0, 0.05) is 25.7 Å². The second kappa shape index (κ2) is 8.98. The minimum absolute atomic E-state index is 0.0717. The van der Waals surface area contributed by atoms with E-state index in [-0.39, 0.29) is 30.5 Å². The quantitative estimate of drug-likeness (QED) is 0.334. The zero-order chi connectivity index (χ0) is 17.5. The van der Waals surface area contributed by atoms with Gasteiger partial charge in [-0.3, -0.25) is 9.59 Å². The van der Waals surface area contributed by atoms with Crippen LogP contribution in [0.5, 0.6) is 0 Å². The van der Waals surface area contributed by atoms with Crippen molar-refractivity contribution in [3.05, 3.63) is 0 Å². The van der Waals surface area contributed by atoms with Crippen molar-refractivity contribution in [1.82, 2.24) is 0 Å². The third-order valence-corrected chi connectivity index (χ3v) is 4.60. The standard InChI is InChI=1S/C16H26O7/c17-13(6-1-2-7-14(18)19)9-8-11-4-3-5-12(11)10-16(22,23)15(20)21/h11-12,22-23H,1-10H2,(H,18,19)(H,20,21)/t11-,12-/m1/s1. The molecule has 0 unspecified atom stereocenters. The smallest absolute Gasteiger partial charge is 0.364 e. The summed E-state index contributed by atoms with van der Waals surface area (Å²) in [5.74, 6) is -5.08. The largest absolute Gasteiger partial charge is 0.481 e. The zero-order valence-electron chi connectivity index (χ0n) is 13.2. The fourth-order valence-corrected chi connectivity index (χ4v) is 3.29. The maximum Gasteiger partial charge on any atom is 0.364 e. The van der Waals surface area contributed by atoms with Crippen LogP contribution in [-0.4, -0.2) is 43.9 Å². The second-order valence-corrected chi connectivity index (χ2v) is 6.46. The predicted octanol–water partition coefficient (Wildman–Crippen LogP) is 1.55. The Hall–Kier alpha value is -1.47. The van der Waals surface area contributed by atoms with Crippen molar-refractivity contribution in [3.63, 3.8) is 0 Å². The summed E-state index contributed by atoms with van der Waals surface area (Å²) in [4.78, 5) is 33.0. The molecule has 0 spiro atoms. The molecule has 1 fully saturated rings. The molecule has 0 radical (unpaired) electrons. The summed E-state index contributed by atoms with van der Waals surface area (Å²) in [6.45, 7) is 0. The van der Waals surface area contributed by atoms with Gasteiger partial charge in [0.15, 0.2) is 0 Å². The van der Waals surface area contributed by atoms with Gasteiger partial charge in [-0.1, -0.05) is 12.8 Å². The first-order valence-electron chi connectivity index (χ1n) is 8.14. The molecule has 23 heavy (non-hydrogen) atoms. The topological polar surface area (TPSA) is 132 Å². The number of unbranched alkanes of at least 4 members (excludes halogenated alkanes) is 1. The molecule has 1 aliphatic carbocycles. The Morgan fingerprint density at radius 3 is 2.13 bits per heavy atom. The molecule has 0 aromatic heterocycles. The number of rotatable bonds is 11. The molecule has 0 aromatic rings. The molecule has 2 atom stereocenters. The van der Waals surface area contributed by atoms with Crippen molar-refractivity contribution in [1.29, 1.82) is 0 Å². The van der Waals surface area contributed by atoms with Crippen LogP contribution in [0.4, 0.5) is 0 Å². The van der Waals surface area contributed by atoms with Crippen LogP contribution in [0.25, 0.3) is 0 Å². The summed E-state index contributed by atoms with van der Waals surface area (Å²) in [5, 5.41) is 36.2. The van der Waals surface area contributed by atoms with E-state index in [9.17, 15) is 24.6 Å². The molecule has 0 bridgehead atoms. The number of carboxylic acid groups (broad SMARTS) is 2. The van der Waals surface area contributed by atoms with Crippen LogP contribution in [-0.2, 0) is 14.4 Å². The number of Topliss-reactive ketones (excluding diaryl/α,β-unsaturated/α-hetero) is 1. The molecule has 0 aliphatic heterocycles. The minimum Gasteiger partial charge on any atom is -0.481 e. The number of carboxylic acids is 2. The Labute approximate surface area is 135 Å². The van der Waals surface area contributed by atoms with Crippen molar-refractivity contribution < 1.29 is 34.8 Å². The third-order valence-electron chi connectivity index (χ3n) is 4.60. The molecule has 0 aromatic carbocycles. The van der Waals surface area contributed by atoms with Gasteiger partial charge in [0.2, 0.25) is 0 Å². The van der Waals surface area contributed by atoms with Gasteiger partial charge in [-0.05, 0) is 37.5 Å². The lowest BCUT2D eigenvalue weighted by molar-refractivity contribution is -0.209. The van der Waals surface area contributed by atoms with Crippen molar-refractivity contribution in [3.8, 4) is 0 Å². The van der Waals surface area contributed by atoms with Crippen LogP contribution < -0.4 is 0 Å². The van der Waals surface area contributed by atoms with E-state index in [1.807, 2.05) is 0 Å². The van der Waals surface area contributed by atoms with Crippen LogP contribution in [0.3, 0.4) is 0 Å². The van der Waals surface area contributed by atoms with E-state index in [2.05, 4.69) is 0 Å². The van der Waals surface area contributed by atoms with E-state index in [0.29, 0.717) is 32.1 Å². The summed E-state index contributed by atoms with van der Waals surface area (Å²) in [6.07, 6.45) is 4.80. The van der Waals surface area contributed by atoms with Gasteiger partial charge < -0.3 is 20.4 Å². The summed E-state index contributed by atoms with van der Waals surface area (Å²) < 4.78 is 0. The second-order valence-electron chi connectivity index (χ2n) is 6.46. The van der Waals surface area contributed by atoms with Crippen LogP contribution >= 0.6 is 0 Å². The van der Waals surface area contributed by atoms with Crippen LogP contribution in [0.2, 0.25) is 0 Å². The highest BCUT2D eigenvalue weighted by atomic mass is 16.5. The lowest BCUT2D eigenvalue weighted by atomic mass is 9.85. The molecule has 7 heteroatoms. The van der Waals surface area contributed by atoms with Crippen LogP contribution in [0, 0.1) is 11.8 Å². The first kappa shape index (κ1) is 19.6. The van der Waals surface area contributed by atoms with Crippen molar-refractivity contribution >= 4 is 17.7 Å². The molecule has 1 saturated carbocycles. The Morgan fingerprint density at radius 1 is 0.913 bits per heavy atom. The number of aliphatic carboxylic acids is 2. The van der Waals surface area contributed by atoms with Crippen molar-refractivity contribution in [2.75, 3.05) is 0 Å². The monoisotopic (exact) mass is 330 g/mol. The van der Waals surface area contributed by atoms with E-state index < -0.39 is 17.7 Å². The van der Waals surface area contributed by atoms with E-state index >= 15 is 0 Å². The Morgan fingerprint density at radius 2 is 1.52 bits per heavy atom. The highest BCUT2D eigenvalue weighted by molar-refractivity contribution is 5.78. The lowest BCUT2D eigenvalue weighted by Crippen LogP contribution is -2.40. The average molecular weight is 330 g/mol. The molecular formula is C16H26O7. The van der Waals surface area contributed by atoms with E-state index in [0.717, 1.165) is 19.3 Å². The summed E-state index contributed by atoms with van der Waals surface area (Å²) >= 11 is 0. The molecular weight excluding hydrogens is 304 g/mol. The molecule has 0 heterocycles. The van der Waals surface area contributed by atoms with E-state index in [4.69, 9.17) is 10.2 Å². The van der Waals surface area contributed by atoms with Gasteiger partial charge in [0.1, 0.15) is 5.78 Å². The highest BCUT2D eigenvalue weighted by Gasteiger charge is 2.40. The van der Waals surface area contributed by atoms with Crippen LogP contribution in [0.15, 0.2) is 0 Å². The van der Waals surface area contributed by atoms with E-state index in [1.54, 1.807) is 0 Å². The van der Waals surface area contributed by atoms with Gasteiger partial charge in [-0.15, -0.1) is 0 Å². The number of carbonyl (C=O) groups excluding carboxylic acids is 1. The maximum absolute atomic E-state index is 11.8. The summed E-state index contributed by atoms with van der Waals surface area (Å²) in [5.41, 5.74) is 0. The van der Waals surface area contributed by atoms with Gasteiger partial charge in [0.05, 0.1) is 0 Å². The Kier molecular flexibility index (Phi) is 7.64. The number of hydrogen-bond donors (Lipinski definition) is 4. The van der Waals surface area contributed by atoms with Crippen molar-refractivity contribution in [2.45, 2.75) is 70.0 Å². The maximum atomic E-state index is 11.8. The molecule has 4 N–H and O–H groups in total. The SMILES string of the molecule is O=C(O)CCCCC(=O)CC[C@H]1CCC[C@@H]1CC(O)(O)C(=O)O. The van der Waals surface area contributed by atoms with Crippen LogP contribution in [0.1, 0.15) is 64.2 Å². The first-order valence-corrected chi connectivity index (χ1v) is 8.14. The molecule has 7 nitrogen and oxygen atoms in total. The van der Waals surface area contributed by atoms with Crippen molar-refractivity contribution in [2.24, 2.45) is 11.8 Å². The Bertz CT molecular complexity index is 430. The fourth-order valence-electron chi connectivity index (χ4n) is 3.29. The number of ketones is 1. The average Bonchev–Trinajstić information content (AvgIpc) is 2.87. The number of aliphatic hydroxyl groups is 2. The molecule has 132 valence electrons. The molecule has 0 saturated heterocycles. The normalized spacial score (nSPS) is 21.3. The predicted molar refractivity (Wildman–Crippen MR) is 80.6 cm³/mol. The zero-order valence-corrected chi connectivity index (χ0v) is 13.2. The first-order chi connectivity index (χ1) is 10.7. The molecule has 1 rings (SSSR count). The summed E-state index contributed by atoms with van der Waals surface area (Å²) in [6, 6.07) is 0. The summed E-state index contributed by atoms with van der Waals surface area (Å²) in [7, 11) is 0. The highest BCUT2D eigenvalue weighted by Crippen LogP contribution is 2.39. The fraction of sp³-hybridized carbons (Fsp3) is 0.812. The van der Waals surface area contributed by atoms with Gasteiger partial charge in [-0.2, -0.15) is 0 Å². The van der Waals surface area contributed by atoms with E-state index in [1.165, 1.54) is 0 Å². The molecule has 0 amide bonds. The number of carbonyl (C=O) groups is 3. The number of hydrogen-bond acceptors (Lipinski definition) is 5. The molecule has 1 aliphatic rings. The Balaban J connectivity index is 2.31. The van der Waals surface area contributed by atoms with Gasteiger partial charge in [0.25, 0.3) is 5.79 Å². The van der Waals surface area contributed by atoms with Gasteiger partial charge in [-0.25, -0.2) is 4.79 Å². The third kappa shape index (κ3) is 7.09.